The van der Waals surface area contributed by atoms with Crippen molar-refractivity contribution >= 4 is 41.7 Å². The van der Waals surface area contributed by atoms with E-state index in [2.05, 4.69) is 4.90 Å². The van der Waals surface area contributed by atoms with E-state index in [1.54, 1.807) is 23.9 Å². The van der Waals surface area contributed by atoms with Crippen molar-refractivity contribution in [3.8, 4) is 0 Å². The lowest BCUT2D eigenvalue weighted by atomic mass is 9.98. The Morgan fingerprint density at radius 2 is 2.10 bits per heavy atom. The second kappa shape index (κ2) is 10.3. The summed E-state index contributed by atoms with van der Waals surface area (Å²) in [6.07, 6.45) is 2.10. The molecule has 0 saturated carbocycles. The van der Waals surface area contributed by atoms with Crippen LogP contribution in [0.4, 0.5) is 4.39 Å². The molecule has 0 radical (unpaired) electrons. The summed E-state index contributed by atoms with van der Waals surface area (Å²) in [5.74, 6) is -1.28. The fourth-order valence-corrected chi connectivity index (χ4v) is 5.36. The number of piperidine rings is 1. The minimum absolute atomic E-state index is 0. The lowest BCUT2D eigenvalue weighted by molar-refractivity contribution is -0.143. The molecule has 30 heavy (non-hydrogen) atoms. The van der Waals surface area contributed by atoms with Gasteiger partial charge in [-0.1, -0.05) is 29.4 Å². The highest BCUT2D eigenvalue weighted by atomic mass is 35.5. The van der Waals surface area contributed by atoms with Crippen molar-refractivity contribution in [3.63, 3.8) is 0 Å². The van der Waals surface area contributed by atoms with Crippen molar-refractivity contribution in [3.05, 3.63) is 58.4 Å². The van der Waals surface area contributed by atoms with Crippen molar-refractivity contribution in [1.82, 2.24) is 4.90 Å². The second-order valence-corrected chi connectivity index (χ2v) is 9.10. The average molecular weight is 472 g/mol. The summed E-state index contributed by atoms with van der Waals surface area (Å²) in [5.41, 5.74) is 2.07. The van der Waals surface area contributed by atoms with E-state index in [4.69, 9.17) is 16.3 Å². The Morgan fingerprint density at radius 1 is 1.27 bits per heavy atom. The minimum atomic E-state index is -0.721. The van der Waals surface area contributed by atoms with Crippen LogP contribution in [0, 0.1) is 11.7 Å². The third kappa shape index (κ3) is 5.48. The number of likely N-dealkylation sites (tertiary alicyclic amines) is 1. The number of nitrogens with zero attached hydrogens (tertiary/aromatic N) is 1. The first-order valence-corrected chi connectivity index (χ1v) is 11.0. The lowest BCUT2D eigenvalue weighted by Crippen LogP contribution is -2.40. The molecule has 0 bridgehead atoms. The van der Waals surface area contributed by atoms with Crippen molar-refractivity contribution in [2.24, 2.45) is 5.92 Å². The zero-order valence-electron chi connectivity index (χ0n) is 16.4. The lowest BCUT2D eigenvalue weighted by Gasteiger charge is -2.31. The average Bonchev–Trinajstić information content (AvgIpc) is 2.84. The molecule has 4 rings (SSSR count). The van der Waals surface area contributed by atoms with E-state index < -0.39 is 5.97 Å². The highest BCUT2D eigenvalue weighted by Gasteiger charge is 2.27. The van der Waals surface area contributed by atoms with Gasteiger partial charge < -0.3 is 14.7 Å². The minimum Gasteiger partial charge on any atom is -0.481 e. The molecule has 2 atom stereocenters. The third-order valence-corrected chi connectivity index (χ3v) is 6.98. The fraction of sp³-hybridized carbons (Fsp3) is 0.409. The highest BCUT2D eigenvalue weighted by molar-refractivity contribution is 7.99. The molecule has 0 aliphatic carbocycles. The van der Waals surface area contributed by atoms with E-state index in [9.17, 15) is 14.3 Å². The van der Waals surface area contributed by atoms with Crippen LogP contribution in [0.2, 0.25) is 5.02 Å². The van der Waals surface area contributed by atoms with Gasteiger partial charge in [-0.05, 0) is 60.8 Å². The summed E-state index contributed by atoms with van der Waals surface area (Å²) < 4.78 is 20.1. The van der Waals surface area contributed by atoms with Gasteiger partial charge in [0.05, 0.1) is 18.6 Å². The number of carboxylic acids is 1. The van der Waals surface area contributed by atoms with E-state index in [0.717, 1.165) is 40.3 Å². The monoisotopic (exact) mass is 471 g/mol. The van der Waals surface area contributed by atoms with Crippen LogP contribution in [0.3, 0.4) is 0 Å². The van der Waals surface area contributed by atoms with E-state index in [-0.39, 0.29) is 30.2 Å². The maximum absolute atomic E-state index is 13.9. The van der Waals surface area contributed by atoms with Crippen molar-refractivity contribution in [2.45, 2.75) is 35.2 Å². The van der Waals surface area contributed by atoms with Gasteiger partial charge in [-0.25, -0.2) is 4.39 Å². The smallest absolute Gasteiger partial charge is 0.307 e. The van der Waals surface area contributed by atoms with Gasteiger partial charge in [-0.15, -0.1) is 12.4 Å². The number of benzene rings is 2. The van der Waals surface area contributed by atoms with Gasteiger partial charge in [-0.2, -0.15) is 0 Å². The van der Waals surface area contributed by atoms with Gasteiger partial charge >= 0.3 is 5.97 Å². The second-order valence-electron chi connectivity index (χ2n) is 7.58. The van der Waals surface area contributed by atoms with Gasteiger partial charge in [0.2, 0.25) is 0 Å². The molecule has 162 valence electrons. The van der Waals surface area contributed by atoms with Crippen LogP contribution in [0.25, 0.3) is 0 Å². The first kappa shape index (κ1) is 23.4. The van der Waals surface area contributed by atoms with Crippen LogP contribution in [-0.2, 0) is 16.0 Å². The first-order chi connectivity index (χ1) is 14.0. The molecular weight excluding hydrogens is 448 g/mol. The van der Waals surface area contributed by atoms with Crippen LogP contribution in [0.15, 0.2) is 46.2 Å². The van der Waals surface area contributed by atoms with Crippen LogP contribution >= 0.6 is 35.8 Å². The Hall–Kier alpha value is -1.31. The number of carbonyl (C=O) groups is 1. The maximum Gasteiger partial charge on any atom is 0.307 e. The molecular formula is C22H24Cl2FNO3S. The summed E-state index contributed by atoms with van der Waals surface area (Å²) in [7, 11) is 0. The summed E-state index contributed by atoms with van der Waals surface area (Å²) >= 11 is 7.74. The molecule has 2 aliphatic rings. The number of hydrogen-bond acceptors (Lipinski definition) is 4. The number of rotatable bonds is 5. The Kier molecular flexibility index (Phi) is 8.04. The molecule has 2 aromatic rings. The third-order valence-electron chi connectivity index (χ3n) is 5.55. The largest absolute Gasteiger partial charge is 0.481 e. The van der Waals surface area contributed by atoms with Crippen LogP contribution < -0.4 is 0 Å². The fourth-order valence-electron chi connectivity index (χ4n) is 4.03. The molecule has 2 aliphatic heterocycles. The SMILES string of the molecule is Cl.O=C(O)C1CCCN(CCO[C@@H]2Cc3cc(Cl)ccc3Sc3cc(F)ccc32)C1. The van der Waals surface area contributed by atoms with Gasteiger partial charge in [-0.3, -0.25) is 4.79 Å². The van der Waals surface area contributed by atoms with E-state index in [1.807, 2.05) is 18.2 Å². The van der Waals surface area contributed by atoms with Crippen molar-refractivity contribution in [1.29, 1.82) is 0 Å². The maximum atomic E-state index is 13.9. The summed E-state index contributed by atoms with van der Waals surface area (Å²) in [4.78, 5) is 15.3. The molecule has 2 heterocycles. The molecule has 1 fully saturated rings. The predicted molar refractivity (Wildman–Crippen MR) is 118 cm³/mol. The molecule has 0 amide bonds. The Bertz CT molecular complexity index is 914. The number of aliphatic carboxylic acids is 1. The normalized spacial score (nSPS) is 21.1. The summed E-state index contributed by atoms with van der Waals surface area (Å²) in [6, 6.07) is 10.6. The predicted octanol–water partition coefficient (Wildman–Crippen LogP) is 5.46. The molecule has 2 aromatic carbocycles. The quantitative estimate of drug-likeness (QED) is 0.626. The standard InChI is InChI=1S/C22H23ClFNO3S.ClH/c23-16-3-6-20-15(10-16)11-19(18-5-4-17(24)12-21(18)29-20)28-9-8-25-7-1-2-14(13-25)22(26)27;/h3-6,10,12,14,19H,1-2,7-9,11,13H2,(H,26,27);1H/t14?,19-;/m1./s1. The summed E-state index contributed by atoms with van der Waals surface area (Å²) in [6.45, 7) is 2.65. The number of hydrogen-bond donors (Lipinski definition) is 1. The highest BCUT2D eigenvalue weighted by Crippen LogP contribution is 2.43. The Labute approximate surface area is 191 Å². The topological polar surface area (TPSA) is 49.8 Å². The molecule has 4 nitrogen and oxygen atoms in total. The van der Waals surface area contributed by atoms with E-state index in [0.29, 0.717) is 31.1 Å². The molecule has 0 aromatic heterocycles. The van der Waals surface area contributed by atoms with E-state index in [1.165, 1.54) is 6.07 Å². The van der Waals surface area contributed by atoms with E-state index >= 15 is 0 Å². The van der Waals surface area contributed by atoms with Gasteiger partial charge in [0, 0.05) is 34.3 Å². The number of fused-ring (bicyclic) bond motifs is 2. The molecule has 1 N–H and O–H groups in total. The molecule has 8 heteroatoms. The zero-order chi connectivity index (χ0) is 20.4. The number of ether oxygens (including phenoxy) is 1. The Morgan fingerprint density at radius 3 is 2.90 bits per heavy atom. The Balaban J connectivity index is 0.00000256. The van der Waals surface area contributed by atoms with Crippen LogP contribution in [-0.4, -0.2) is 42.2 Å². The molecule has 1 saturated heterocycles. The molecule has 0 spiro atoms. The number of halogens is 3. The van der Waals surface area contributed by atoms with Gasteiger partial charge in [0.15, 0.2) is 0 Å². The van der Waals surface area contributed by atoms with Gasteiger partial charge in [0.25, 0.3) is 0 Å². The van der Waals surface area contributed by atoms with Crippen LogP contribution in [0.5, 0.6) is 0 Å². The number of carboxylic acid groups (broad SMARTS) is 1. The zero-order valence-corrected chi connectivity index (χ0v) is 18.7. The van der Waals surface area contributed by atoms with Crippen molar-refractivity contribution < 1.29 is 19.0 Å². The molecule has 1 unspecified atom stereocenters. The summed E-state index contributed by atoms with van der Waals surface area (Å²) in [5, 5.41) is 9.94. The van der Waals surface area contributed by atoms with Crippen molar-refractivity contribution in [2.75, 3.05) is 26.2 Å². The first-order valence-electron chi connectivity index (χ1n) is 9.82. The van der Waals surface area contributed by atoms with Crippen LogP contribution in [0.1, 0.15) is 30.1 Å². The van der Waals surface area contributed by atoms with Gasteiger partial charge in [0.1, 0.15) is 5.82 Å².